The SMILES string of the molecule is CN(C)CCN1CCNC(CO)C1=O. The Morgan fingerprint density at radius 2 is 2.36 bits per heavy atom. The summed E-state index contributed by atoms with van der Waals surface area (Å²) in [5.41, 5.74) is 0. The Balaban J connectivity index is 2.40. The Hall–Kier alpha value is -0.650. The summed E-state index contributed by atoms with van der Waals surface area (Å²) in [5.74, 6) is 0.0144. The van der Waals surface area contributed by atoms with Crippen molar-refractivity contribution >= 4 is 5.91 Å². The Morgan fingerprint density at radius 3 is 2.93 bits per heavy atom. The van der Waals surface area contributed by atoms with Crippen LogP contribution >= 0.6 is 0 Å². The van der Waals surface area contributed by atoms with Gasteiger partial charge in [-0.05, 0) is 14.1 Å². The third-order valence-corrected chi connectivity index (χ3v) is 2.38. The largest absolute Gasteiger partial charge is 0.394 e. The average molecular weight is 201 g/mol. The standard InChI is InChI=1S/C9H19N3O2/c1-11(2)5-6-12-4-3-10-8(7-13)9(12)14/h8,10,13H,3-7H2,1-2H3. The Kier molecular flexibility index (Phi) is 4.31. The van der Waals surface area contributed by atoms with Crippen molar-refractivity contribution in [2.24, 2.45) is 0 Å². The fraction of sp³-hybridized carbons (Fsp3) is 0.889. The maximum absolute atomic E-state index is 11.7. The maximum atomic E-state index is 11.7. The van der Waals surface area contributed by atoms with E-state index in [-0.39, 0.29) is 12.5 Å². The third kappa shape index (κ3) is 2.94. The van der Waals surface area contributed by atoms with Crippen LogP contribution in [0.3, 0.4) is 0 Å². The lowest BCUT2D eigenvalue weighted by molar-refractivity contribution is -0.136. The highest BCUT2D eigenvalue weighted by atomic mass is 16.3. The van der Waals surface area contributed by atoms with Gasteiger partial charge in [-0.3, -0.25) is 4.79 Å². The smallest absolute Gasteiger partial charge is 0.242 e. The van der Waals surface area contributed by atoms with Crippen molar-refractivity contribution in [3.05, 3.63) is 0 Å². The van der Waals surface area contributed by atoms with Crippen LogP contribution in [0.25, 0.3) is 0 Å². The quantitative estimate of drug-likeness (QED) is 0.572. The summed E-state index contributed by atoms with van der Waals surface area (Å²) in [7, 11) is 3.96. The minimum Gasteiger partial charge on any atom is -0.394 e. The molecule has 82 valence electrons. The van der Waals surface area contributed by atoms with Gasteiger partial charge in [-0.25, -0.2) is 0 Å². The molecule has 1 aliphatic rings. The lowest BCUT2D eigenvalue weighted by Gasteiger charge is -2.33. The van der Waals surface area contributed by atoms with E-state index in [2.05, 4.69) is 5.32 Å². The van der Waals surface area contributed by atoms with Crippen LogP contribution in [0.4, 0.5) is 0 Å². The van der Waals surface area contributed by atoms with E-state index in [9.17, 15) is 4.79 Å². The molecule has 1 unspecified atom stereocenters. The van der Waals surface area contributed by atoms with E-state index in [4.69, 9.17) is 5.11 Å². The molecule has 1 heterocycles. The number of carbonyl (C=O) groups is 1. The Morgan fingerprint density at radius 1 is 1.64 bits per heavy atom. The van der Waals surface area contributed by atoms with Gasteiger partial charge in [0, 0.05) is 26.2 Å². The zero-order valence-electron chi connectivity index (χ0n) is 8.86. The Labute approximate surface area is 84.7 Å². The molecule has 0 radical (unpaired) electrons. The van der Waals surface area contributed by atoms with E-state index < -0.39 is 6.04 Å². The first kappa shape index (κ1) is 11.4. The lowest BCUT2D eigenvalue weighted by atomic mass is 10.2. The molecule has 0 aromatic carbocycles. The number of carbonyl (C=O) groups excluding carboxylic acids is 1. The van der Waals surface area contributed by atoms with Gasteiger partial charge < -0.3 is 20.2 Å². The fourth-order valence-electron chi connectivity index (χ4n) is 1.48. The van der Waals surface area contributed by atoms with E-state index in [0.717, 1.165) is 26.2 Å². The molecule has 0 saturated carbocycles. The summed E-state index contributed by atoms with van der Waals surface area (Å²) in [6.45, 7) is 3.00. The van der Waals surface area contributed by atoms with Gasteiger partial charge in [0.15, 0.2) is 0 Å². The van der Waals surface area contributed by atoms with E-state index in [1.165, 1.54) is 0 Å². The molecule has 1 aliphatic heterocycles. The zero-order valence-corrected chi connectivity index (χ0v) is 8.86. The van der Waals surface area contributed by atoms with Crippen LogP contribution in [-0.2, 0) is 4.79 Å². The summed E-state index contributed by atoms with van der Waals surface area (Å²) in [4.78, 5) is 15.5. The van der Waals surface area contributed by atoms with Crippen molar-refractivity contribution in [2.45, 2.75) is 6.04 Å². The van der Waals surface area contributed by atoms with Crippen molar-refractivity contribution in [1.82, 2.24) is 15.1 Å². The first-order valence-corrected chi connectivity index (χ1v) is 4.93. The highest BCUT2D eigenvalue weighted by molar-refractivity contribution is 5.82. The number of hydrogen-bond acceptors (Lipinski definition) is 4. The number of rotatable bonds is 4. The number of likely N-dealkylation sites (N-methyl/N-ethyl adjacent to an activating group) is 1. The molecule has 14 heavy (non-hydrogen) atoms. The molecule has 0 bridgehead atoms. The van der Waals surface area contributed by atoms with E-state index in [0.29, 0.717) is 0 Å². The number of nitrogens with one attached hydrogen (secondary N) is 1. The number of amides is 1. The van der Waals surface area contributed by atoms with Gasteiger partial charge in [0.2, 0.25) is 5.91 Å². The van der Waals surface area contributed by atoms with Gasteiger partial charge in [-0.1, -0.05) is 0 Å². The van der Waals surface area contributed by atoms with Crippen molar-refractivity contribution in [1.29, 1.82) is 0 Å². The molecule has 5 nitrogen and oxygen atoms in total. The van der Waals surface area contributed by atoms with Crippen LogP contribution in [0.1, 0.15) is 0 Å². The second kappa shape index (κ2) is 5.29. The minimum absolute atomic E-state index is 0.0144. The summed E-state index contributed by atoms with van der Waals surface area (Å²) in [6, 6.07) is -0.397. The van der Waals surface area contributed by atoms with Gasteiger partial charge in [-0.2, -0.15) is 0 Å². The summed E-state index contributed by atoms with van der Waals surface area (Å²) in [5, 5.41) is 11.9. The molecule has 5 heteroatoms. The fourth-order valence-corrected chi connectivity index (χ4v) is 1.48. The summed E-state index contributed by atoms with van der Waals surface area (Å²) in [6.07, 6.45) is 0. The first-order chi connectivity index (χ1) is 6.65. The van der Waals surface area contributed by atoms with Crippen LogP contribution < -0.4 is 5.32 Å². The van der Waals surface area contributed by atoms with Crippen LogP contribution in [0.2, 0.25) is 0 Å². The predicted octanol–water partition coefficient (Wildman–Crippen LogP) is -1.66. The van der Waals surface area contributed by atoms with E-state index in [1.54, 1.807) is 4.90 Å². The van der Waals surface area contributed by atoms with E-state index in [1.807, 2.05) is 19.0 Å². The molecule has 0 aromatic rings. The normalized spacial score (nSPS) is 23.3. The average Bonchev–Trinajstić information content (AvgIpc) is 2.16. The molecule has 0 spiro atoms. The number of piperazine rings is 1. The summed E-state index contributed by atoms with van der Waals surface area (Å²) < 4.78 is 0. The monoisotopic (exact) mass is 201 g/mol. The summed E-state index contributed by atoms with van der Waals surface area (Å²) >= 11 is 0. The van der Waals surface area contributed by atoms with Crippen LogP contribution in [0.15, 0.2) is 0 Å². The molecular formula is C9H19N3O2. The van der Waals surface area contributed by atoms with Crippen LogP contribution in [0, 0.1) is 0 Å². The molecular weight excluding hydrogens is 182 g/mol. The number of aliphatic hydroxyl groups excluding tert-OH is 1. The second-order valence-electron chi connectivity index (χ2n) is 3.82. The third-order valence-electron chi connectivity index (χ3n) is 2.38. The first-order valence-electron chi connectivity index (χ1n) is 4.93. The predicted molar refractivity (Wildman–Crippen MR) is 54.0 cm³/mol. The second-order valence-corrected chi connectivity index (χ2v) is 3.82. The van der Waals surface area contributed by atoms with Crippen molar-refractivity contribution in [2.75, 3.05) is 46.9 Å². The molecule has 1 amide bonds. The van der Waals surface area contributed by atoms with Crippen molar-refractivity contribution < 1.29 is 9.90 Å². The number of aliphatic hydroxyl groups is 1. The lowest BCUT2D eigenvalue weighted by Crippen LogP contribution is -2.57. The van der Waals surface area contributed by atoms with Crippen molar-refractivity contribution in [3.8, 4) is 0 Å². The highest BCUT2D eigenvalue weighted by Gasteiger charge is 2.26. The van der Waals surface area contributed by atoms with Gasteiger partial charge >= 0.3 is 0 Å². The zero-order chi connectivity index (χ0) is 10.6. The molecule has 0 aromatic heterocycles. The van der Waals surface area contributed by atoms with Gasteiger partial charge in [0.1, 0.15) is 6.04 Å². The molecule has 0 aliphatic carbocycles. The maximum Gasteiger partial charge on any atom is 0.242 e. The molecule has 1 rings (SSSR count). The van der Waals surface area contributed by atoms with Gasteiger partial charge in [-0.15, -0.1) is 0 Å². The number of hydrogen-bond donors (Lipinski definition) is 2. The minimum atomic E-state index is -0.397. The number of nitrogens with zero attached hydrogens (tertiary/aromatic N) is 2. The molecule has 1 saturated heterocycles. The van der Waals surface area contributed by atoms with Crippen LogP contribution in [0.5, 0.6) is 0 Å². The highest BCUT2D eigenvalue weighted by Crippen LogP contribution is 2.00. The van der Waals surface area contributed by atoms with Gasteiger partial charge in [0.05, 0.1) is 6.61 Å². The topological polar surface area (TPSA) is 55.8 Å². The Bertz CT molecular complexity index is 196. The van der Waals surface area contributed by atoms with Gasteiger partial charge in [0.25, 0.3) is 0 Å². The van der Waals surface area contributed by atoms with Crippen molar-refractivity contribution in [3.63, 3.8) is 0 Å². The van der Waals surface area contributed by atoms with Crippen LogP contribution in [-0.4, -0.2) is 73.7 Å². The molecule has 1 fully saturated rings. The molecule has 1 atom stereocenters. The van der Waals surface area contributed by atoms with E-state index >= 15 is 0 Å². The molecule has 2 N–H and O–H groups in total.